The van der Waals surface area contributed by atoms with Crippen LogP contribution in [0.5, 0.6) is 0 Å². The van der Waals surface area contributed by atoms with Crippen molar-refractivity contribution < 1.29 is 14.3 Å². The van der Waals surface area contributed by atoms with E-state index in [4.69, 9.17) is 9.47 Å². The summed E-state index contributed by atoms with van der Waals surface area (Å²) in [7, 11) is 0. The average molecular weight is 298 g/mol. The minimum absolute atomic E-state index is 0.179. The van der Waals surface area contributed by atoms with Crippen LogP contribution in [0.25, 0.3) is 0 Å². The molecule has 1 heterocycles. The molecule has 0 bridgehead atoms. The number of amides is 1. The fourth-order valence-electron chi connectivity index (χ4n) is 3.24. The molecule has 0 aromatic carbocycles. The number of ether oxygens (including phenoxy) is 2. The van der Waals surface area contributed by atoms with Crippen LogP contribution in [0, 0.1) is 0 Å². The maximum absolute atomic E-state index is 11.9. The number of carbonyl (C=O) groups excluding carboxylic acids is 1. The lowest BCUT2D eigenvalue weighted by Crippen LogP contribution is -2.52. The first kappa shape index (κ1) is 16.6. The first-order valence-corrected chi connectivity index (χ1v) is 8.20. The van der Waals surface area contributed by atoms with Gasteiger partial charge in [-0.2, -0.15) is 0 Å². The molecule has 1 aliphatic carbocycles. The number of carbonyl (C=O) groups is 1. The number of alkyl carbamates (subject to hydrolysis) is 1. The summed E-state index contributed by atoms with van der Waals surface area (Å²) in [6.45, 7) is 8.62. The molecule has 21 heavy (non-hydrogen) atoms. The van der Waals surface area contributed by atoms with E-state index in [2.05, 4.69) is 17.6 Å². The average Bonchev–Trinajstić information content (AvgIpc) is 2.74. The molecule has 4 unspecified atom stereocenters. The zero-order valence-corrected chi connectivity index (χ0v) is 13.8. The van der Waals surface area contributed by atoms with Gasteiger partial charge in [0.25, 0.3) is 0 Å². The van der Waals surface area contributed by atoms with Crippen molar-refractivity contribution in [1.82, 2.24) is 10.6 Å². The lowest BCUT2D eigenvalue weighted by atomic mass is 10.0. The molecule has 122 valence electrons. The first-order valence-electron chi connectivity index (χ1n) is 8.20. The Morgan fingerprint density at radius 2 is 1.90 bits per heavy atom. The van der Waals surface area contributed by atoms with Gasteiger partial charge in [-0.05, 0) is 59.8 Å². The predicted octanol–water partition coefficient (Wildman–Crippen LogP) is 2.59. The molecule has 0 aromatic rings. The second-order valence-electron chi connectivity index (χ2n) is 7.36. The molecule has 5 heteroatoms. The van der Waals surface area contributed by atoms with Gasteiger partial charge in [-0.25, -0.2) is 4.79 Å². The number of hydrogen-bond donors (Lipinski definition) is 2. The second kappa shape index (κ2) is 6.97. The van der Waals surface area contributed by atoms with Crippen LogP contribution in [0.1, 0.15) is 59.8 Å². The highest BCUT2D eigenvalue weighted by Gasteiger charge is 2.32. The second-order valence-corrected chi connectivity index (χ2v) is 7.36. The summed E-state index contributed by atoms with van der Waals surface area (Å²) >= 11 is 0. The van der Waals surface area contributed by atoms with Crippen LogP contribution >= 0.6 is 0 Å². The molecule has 2 fully saturated rings. The van der Waals surface area contributed by atoms with Gasteiger partial charge in [0.05, 0.1) is 6.10 Å². The largest absolute Gasteiger partial charge is 0.444 e. The Kier molecular flexibility index (Phi) is 5.49. The molecule has 1 saturated heterocycles. The van der Waals surface area contributed by atoms with Gasteiger partial charge in [0.1, 0.15) is 5.60 Å². The summed E-state index contributed by atoms with van der Waals surface area (Å²) in [6.07, 6.45) is 5.42. The Hall–Kier alpha value is -0.810. The van der Waals surface area contributed by atoms with E-state index in [-0.39, 0.29) is 12.1 Å². The standard InChI is InChI=1S/C16H30N2O3/c1-11-10-12(8-9-20-11)17-13-6-5-7-14(13)18-15(19)21-16(2,3)4/h11-14,17H,5-10H2,1-4H3,(H,18,19). The fourth-order valence-corrected chi connectivity index (χ4v) is 3.24. The Balaban J connectivity index is 1.81. The fraction of sp³-hybridized carbons (Fsp3) is 0.938. The zero-order chi connectivity index (χ0) is 15.5. The van der Waals surface area contributed by atoms with Gasteiger partial charge < -0.3 is 20.1 Å². The highest BCUT2D eigenvalue weighted by Crippen LogP contribution is 2.23. The van der Waals surface area contributed by atoms with Crippen LogP contribution in [-0.4, -0.2) is 42.5 Å². The van der Waals surface area contributed by atoms with Gasteiger partial charge in [-0.1, -0.05) is 0 Å². The van der Waals surface area contributed by atoms with Crippen molar-refractivity contribution in [2.24, 2.45) is 0 Å². The Morgan fingerprint density at radius 3 is 2.57 bits per heavy atom. The van der Waals surface area contributed by atoms with Crippen molar-refractivity contribution in [1.29, 1.82) is 0 Å². The summed E-state index contributed by atoms with van der Waals surface area (Å²) in [5.74, 6) is 0. The molecule has 0 aromatic heterocycles. The van der Waals surface area contributed by atoms with Crippen molar-refractivity contribution in [3.05, 3.63) is 0 Å². The number of hydrogen-bond acceptors (Lipinski definition) is 4. The van der Waals surface area contributed by atoms with Crippen LogP contribution in [0.2, 0.25) is 0 Å². The predicted molar refractivity (Wildman–Crippen MR) is 82.4 cm³/mol. The molecule has 1 amide bonds. The van der Waals surface area contributed by atoms with E-state index in [9.17, 15) is 4.79 Å². The molecule has 0 radical (unpaired) electrons. The first-order chi connectivity index (χ1) is 9.83. The van der Waals surface area contributed by atoms with Crippen molar-refractivity contribution in [2.75, 3.05) is 6.61 Å². The minimum atomic E-state index is -0.443. The van der Waals surface area contributed by atoms with Crippen LogP contribution in [0.3, 0.4) is 0 Å². The van der Waals surface area contributed by atoms with Gasteiger partial charge in [0.2, 0.25) is 0 Å². The molecule has 5 nitrogen and oxygen atoms in total. The third-order valence-corrected chi connectivity index (χ3v) is 4.15. The highest BCUT2D eigenvalue weighted by molar-refractivity contribution is 5.68. The molecular formula is C16H30N2O3. The lowest BCUT2D eigenvalue weighted by molar-refractivity contribution is 0.0103. The van der Waals surface area contributed by atoms with E-state index in [0.717, 1.165) is 38.7 Å². The third kappa shape index (κ3) is 5.47. The van der Waals surface area contributed by atoms with Crippen molar-refractivity contribution >= 4 is 6.09 Å². The monoisotopic (exact) mass is 298 g/mol. The van der Waals surface area contributed by atoms with E-state index in [1.165, 1.54) is 0 Å². The highest BCUT2D eigenvalue weighted by atomic mass is 16.6. The van der Waals surface area contributed by atoms with Crippen LogP contribution in [0.15, 0.2) is 0 Å². The molecule has 4 atom stereocenters. The molecule has 2 rings (SSSR count). The van der Waals surface area contributed by atoms with Crippen molar-refractivity contribution in [3.8, 4) is 0 Å². The molecule has 1 saturated carbocycles. The van der Waals surface area contributed by atoms with E-state index < -0.39 is 5.60 Å². The SMILES string of the molecule is CC1CC(NC2CCCC2NC(=O)OC(C)(C)C)CCO1. The minimum Gasteiger partial charge on any atom is -0.444 e. The quantitative estimate of drug-likeness (QED) is 0.841. The molecule has 1 aliphatic heterocycles. The van der Waals surface area contributed by atoms with E-state index in [1.807, 2.05) is 20.8 Å². The molecular weight excluding hydrogens is 268 g/mol. The summed E-state index contributed by atoms with van der Waals surface area (Å²) in [5.41, 5.74) is -0.443. The maximum Gasteiger partial charge on any atom is 0.407 e. The van der Waals surface area contributed by atoms with Gasteiger partial charge in [0.15, 0.2) is 0 Å². The van der Waals surface area contributed by atoms with Gasteiger partial charge >= 0.3 is 6.09 Å². The summed E-state index contributed by atoms with van der Waals surface area (Å²) in [4.78, 5) is 11.9. The molecule has 2 aliphatic rings. The van der Waals surface area contributed by atoms with E-state index in [0.29, 0.717) is 18.2 Å². The van der Waals surface area contributed by atoms with E-state index >= 15 is 0 Å². The maximum atomic E-state index is 11.9. The molecule has 0 spiro atoms. The lowest BCUT2D eigenvalue weighted by Gasteiger charge is -2.33. The Morgan fingerprint density at radius 1 is 1.19 bits per heavy atom. The van der Waals surface area contributed by atoms with Crippen LogP contribution < -0.4 is 10.6 Å². The molecule has 2 N–H and O–H groups in total. The van der Waals surface area contributed by atoms with E-state index in [1.54, 1.807) is 0 Å². The van der Waals surface area contributed by atoms with Crippen molar-refractivity contribution in [2.45, 2.75) is 89.6 Å². The zero-order valence-electron chi connectivity index (χ0n) is 13.8. The Labute approximate surface area is 128 Å². The van der Waals surface area contributed by atoms with Gasteiger partial charge in [-0.15, -0.1) is 0 Å². The smallest absolute Gasteiger partial charge is 0.407 e. The van der Waals surface area contributed by atoms with Crippen LogP contribution in [-0.2, 0) is 9.47 Å². The number of nitrogens with one attached hydrogen (secondary N) is 2. The Bertz CT molecular complexity index is 354. The van der Waals surface area contributed by atoms with Gasteiger partial charge in [-0.3, -0.25) is 0 Å². The third-order valence-electron chi connectivity index (χ3n) is 4.15. The summed E-state index contributed by atoms with van der Waals surface area (Å²) < 4.78 is 10.9. The van der Waals surface area contributed by atoms with Crippen molar-refractivity contribution in [3.63, 3.8) is 0 Å². The summed E-state index contributed by atoms with van der Waals surface area (Å²) in [5, 5.41) is 6.75. The normalized spacial score (nSPS) is 33.7. The number of rotatable bonds is 3. The van der Waals surface area contributed by atoms with Gasteiger partial charge in [0, 0.05) is 24.7 Å². The topological polar surface area (TPSA) is 59.6 Å². The van der Waals surface area contributed by atoms with Crippen LogP contribution in [0.4, 0.5) is 4.79 Å². The summed E-state index contributed by atoms with van der Waals surface area (Å²) in [6, 6.07) is 1.03.